The smallest absolute Gasteiger partial charge is 0.266 e. The average molecular weight is 361 g/mol. The fourth-order valence-corrected chi connectivity index (χ4v) is 3.88. The number of aryl methyl sites for hydroxylation is 1. The second kappa shape index (κ2) is 6.17. The molecule has 2 rings (SSSR count). The van der Waals surface area contributed by atoms with Crippen LogP contribution in [0.15, 0.2) is 45.1 Å². The fraction of sp³-hybridized carbons (Fsp3) is 0.231. The van der Waals surface area contributed by atoms with Gasteiger partial charge in [0.15, 0.2) is 0 Å². The highest BCUT2D eigenvalue weighted by atomic mass is 79.9. The Morgan fingerprint density at radius 1 is 1.16 bits per heavy atom. The van der Waals surface area contributed by atoms with Crippen LogP contribution in [0.4, 0.5) is 0 Å². The molecule has 0 unspecified atom stereocenters. The van der Waals surface area contributed by atoms with Crippen molar-refractivity contribution >= 4 is 37.4 Å². The minimum absolute atomic E-state index is 0.156. The summed E-state index contributed by atoms with van der Waals surface area (Å²) in [6.45, 7) is 2.06. The summed E-state index contributed by atoms with van der Waals surface area (Å²) in [4.78, 5) is 1.29. The first-order valence-electron chi connectivity index (χ1n) is 5.68. The Balaban J connectivity index is 1.96. The van der Waals surface area contributed by atoms with Crippen molar-refractivity contribution in [1.29, 1.82) is 0 Å². The third-order valence-corrected chi connectivity index (χ3v) is 5.54. The van der Waals surface area contributed by atoms with Crippen molar-refractivity contribution in [2.75, 3.05) is 6.61 Å². The van der Waals surface area contributed by atoms with E-state index >= 15 is 0 Å². The summed E-state index contributed by atoms with van der Waals surface area (Å²) in [7, 11) is -3.65. The molecule has 1 aromatic heterocycles. The molecule has 0 saturated carbocycles. The highest BCUT2D eigenvalue weighted by molar-refractivity contribution is 9.11. The Hall–Kier alpha value is -0.690. The van der Waals surface area contributed by atoms with Gasteiger partial charge < -0.3 is 0 Å². The van der Waals surface area contributed by atoms with Crippen LogP contribution >= 0.6 is 27.3 Å². The summed E-state index contributed by atoms with van der Waals surface area (Å²) in [6.07, 6.45) is 0.585. The molecule has 0 saturated heterocycles. The molecule has 2 aromatic rings. The van der Waals surface area contributed by atoms with Crippen LogP contribution in [0.2, 0.25) is 0 Å². The van der Waals surface area contributed by atoms with E-state index in [2.05, 4.69) is 15.9 Å². The lowest BCUT2D eigenvalue weighted by atomic mass is 10.2. The molecule has 102 valence electrons. The Morgan fingerprint density at radius 2 is 1.84 bits per heavy atom. The zero-order valence-electron chi connectivity index (χ0n) is 10.3. The van der Waals surface area contributed by atoms with Gasteiger partial charge in [0.2, 0.25) is 0 Å². The molecular formula is C13H13BrO3S2. The average Bonchev–Trinajstić information content (AvgIpc) is 2.75. The molecule has 0 aliphatic rings. The van der Waals surface area contributed by atoms with Crippen LogP contribution in [0.1, 0.15) is 10.4 Å². The van der Waals surface area contributed by atoms with E-state index in [9.17, 15) is 8.42 Å². The van der Waals surface area contributed by atoms with E-state index in [0.717, 1.165) is 14.2 Å². The molecule has 0 radical (unpaired) electrons. The molecule has 0 aliphatic heterocycles. The minimum Gasteiger partial charge on any atom is -0.266 e. The number of rotatable bonds is 5. The van der Waals surface area contributed by atoms with Gasteiger partial charge in [-0.15, -0.1) is 11.3 Å². The van der Waals surface area contributed by atoms with Crippen molar-refractivity contribution in [3.8, 4) is 0 Å². The quantitative estimate of drug-likeness (QED) is 0.762. The Morgan fingerprint density at radius 3 is 2.42 bits per heavy atom. The van der Waals surface area contributed by atoms with Gasteiger partial charge in [-0.25, -0.2) is 0 Å². The van der Waals surface area contributed by atoms with Crippen LogP contribution in [0.5, 0.6) is 0 Å². The van der Waals surface area contributed by atoms with Gasteiger partial charge in [-0.1, -0.05) is 17.7 Å². The molecule has 6 heteroatoms. The van der Waals surface area contributed by atoms with Gasteiger partial charge in [-0.05, 0) is 47.1 Å². The first-order chi connectivity index (χ1) is 8.97. The maximum atomic E-state index is 11.9. The maximum absolute atomic E-state index is 11.9. The summed E-state index contributed by atoms with van der Waals surface area (Å²) in [5, 5.41) is 0. The molecule has 0 aliphatic carbocycles. The van der Waals surface area contributed by atoms with Crippen LogP contribution in [0.3, 0.4) is 0 Å². The monoisotopic (exact) mass is 360 g/mol. The molecule has 1 heterocycles. The molecule has 0 spiro atoms. The lowest BCUT2D eigenvalue weighted by Gasteiger charge is -2.05. The number of halogens is 1. The Labute approximate surface area is 125 Å². The zero-order valence-corrected chi connectivity index (χ0v) is 13.5. The van der Waals surface area contributed by atoms with Crippen molar-refractivity contribution in [2.45, 2.75) is 18.2 Å². The minimum atomic E-state index is -3.65. The van der Waals surface area contributed by atoms with Crippen LogP contribution in [-0.2, 0) is 20.7 Å². The van der Waals surface area contributed by atoms with E-state index in [-0.39, 0.29) is 11.5 Å². The number of hydrogen-bond donors (Lipinski definition) is 0. The molecule has 0 N–H and O–H groups in total. The number of thiophene rings is 1. The van der Waals surface area contributed by atoms with Gasteiger partial charge >= 0.3 is 0 Å². The topological polar surface area (TPSA) is 43.4 Å². The second-order valence-electron chi connectivity index (χ2n) is 4.04. The molecule has 0 bridgehead atoms. The predicted molar refractivity (Wildman–Crippen MR) is 80.0 cm³/mol. The van der Waals surface area contributed by atoms with Gasteiger partial charge in [-0.2, -0.15) is 8.42 Å². The standard InChI is InChI=1S/C13H13BrO3S2/c1-10-2-5-12(6-3-10)19(15,16)17-9-8-11-4-7-13(14)18-11/h2-7H,8-9H2,1H3. The molecule has 0 atom stereocenters. The van der Waals surface area contributed by atoms with Gasteiger partial charge in [-0.3, -0.25) is 4.18 Å². The summed E-state index contributed by atoms with van der Waals surface area (Å²) < 4.78 is 29.9. The maximum Gasteiger partial charge on any atom is 0.296 e. The van der Waals surface area contributed by atoms with Crippen LogP contribution in [-0.4, -0.2) is 15.0 Å². The van der Waals surface area contributed by atoms with Crippen molar-refractivity contribution in [3.05, 3.63) is 50.6 Å². The van der Waals surface area contributed by atoms with E-state index in [1.807, 2.05) is 19.1 Å². The highest BCUT2D eigenvalue weighted by Gasteiger charge is 2.14. The lowest BCUT2D eigenvalue weighted by Crippen LogP contribution is -2.08. The first kappa shape index (κ1) is 14.7. The van der Waals surface area contributed by atoms with Crippen LogP contribution in [0.25, 0.3) is 0 Å². The van der Waals surface area contributed by atoms with E-state index in [4.69, 9.17) is 4.18 Å². The van der Waals surface area contributed by atoms with E-state index in [1.54, 1.807) is 35.6 Å². The third-order valence-electron chi connectivity index (χ3n) is 2.53. The van der Waals surface area contributed by atoms with E-state index in [1.165, 1.54) is 0 Å². The summed E-state index contributed by atoms with van der Waals surface area (Å²) in [6, 6.07) is 10.5. The molecular weight excluding hydrogens is 348 g/mol. The third kappa shape index (κ3) is 4.14. The van der Waals surface area contributed by atoms with Crippen molar-refractivity contribution in [1.82, 2.24) is 0 Å². The molecule has 3 nitrogen and oxygen atoms in total. The SMILES string of the molecule is Cc1ccc(S(=O)(=O)OCCc2ccc(Br)s2)cc1. The van der Waals surface area contributed by atoms with Crippen molar-refractivity contribution in [3.63, 3.8) is 0 Å². The number of hydrogen-bond acceptors (Lipinski definition) is 4. The predicted octanol–water partition coefficient (Wildman–Crippen LogP) is 3.77. The Kier molecular flexibility index (Phi) is 4.78. The summed E-state index contributed by atoms with van der Waals surface area (Å²) >= 11 is 4.94. The van der Waals surface area contributed by atoms with Crippen molar-refractivity contribution in [2.24, 2.45) is 0 Å². The van der Waals surface area contributed by atoms with Gasteiger partial charge in [0.05, 0.1) is 15.3 Å². The Bertz CT molecular complexity index is 645. The molecule has 1 aromatic carbocycles. The molecule has 0 fully saturated rings. The molecule has 19 heavy (non-hydrogen) atoms. The fourth-order valence-electron chi connectivity index (χ4n) is 1.51. The first-order valence-corrected chi connectivity index (χ1v) is 8.69. The van der Waals surface area contributed by atoms with Gasteiger partial charge in [0.1, 0.15) is 0 Å². The van der Waals surface area contributed by atoms with Crippen LogP contribution < -0.4 is 0 Å². The normalized spacial score (nSPS) is 11.7. The van der Waals surface area contributed by atoms with Crippen molar-refractivity contribution < 1.29 is 12.6 Å². The largest absolute Gasteiger partial charge is 0.296 e. The second-order valence-corrected chi connectivity index (χ2v) is 8.21. The zero-order chi connectivity index (χ0) is 13.9. The highest BCUT2D eigenvalue weighted by Crippen LogP contribution is 2.22. The van der Waals surface area contributed by atoms with Gasteiger partial charge in [0, 0.05) is 11.3 Å². The molecule has 0 amide bonds. The van der Waals surface area contributed by atoms with E-state index < -0.39 is 10.1 Å². The number of benzene rings is 1. The summed E-state index contributed by atoms with van der Waals surface area (Å²) in [5.41, 5.74) is 1.02. The van der Waals surface area contributed by atoms with E-state index in [0.29, 0.717) is 6.42 Å². The summed E-state index contributed by atoms with van der Waals surface area (Å²) in [5.74, 6) is 0. The van der Waals surface area contributed by atoms with Crippen LogP contribution in [0, 0.1) is 6.92 Å². The lowest BCUT2D eigenvalue weighted by molar-refractivity contribution is 0.323. The van der Waals surface area contributed by atoms with Gasteiger partial charge in [0.25, 0.3) is 10.1 Å².